The molecule has 2 aromatic rings. The lowest BCUT2D eigenvalue weighted by atomic mass is 10.0. The molecule has 5 rings (SSSR count). The lowest BCUT2D eigenvalue weighted by molar-refractivity contribution is 0.0682. The van der Waals surface area contributed by atoms with Crippen LogP contribution in [0.25, 0.3) is 10.9 Å². The van der Waals surface area contributed by atoms with Crippen molar-refractivity contribution in [1.82, 2.24) is 15.2 Å². The molecule has 0 radical (unpaired) electrons. The molecular formula is C20H24Cl3N3O. The highest BCUT2D eigenvalue weighted by Gasteiger charge is 2.39. The summed E-state index contributed by atoms with van der Waals surface area (Å²) in [6.45, 7) is 1.91. The number of rotatable bonds is 2. The Morgan fingerprint density at radius 3 is 2.63 bits per heavy atom. The summed E-state index contributed by atoms with van der Waals surface area (Å²) < 4.78 is 0. The van der Waals surface area contributed by atoms with E-state index >= 15 is 0 Å². The van der Waals surface area contributed by atoms with E-state index in [0.29, 0.717) is 23.0 Å². The number of pyridine rings is 1. The maximum absolute atomic E-state index is 13.6. The maximum atomic E-state index is 13.6. The van der Waals surface area contributed by atoms with E-state index in [4.69, 9.17) is 16.6 Å². The quantitative estimate of drug-likeness (QED) is 0.762. The lowest BCUT2D eigenvalue weighted by Gasteiger charge is -2.28. The molecule has 3 fully saturated rings. The van der Waals surface area contributed by atoms with Gasteiger partial charge in [-0.25, -0.2) is 0 Å². The summed E-state index contributed by atoms with van der Waals surface area (Å²) in [7, 11) is 0. The predicted octanol–water partition coefficient (Wildman–Crippen LogP) is 4.58. The lowest BCUT2D eigenvalue weighted by Crippen LogP contribution is -2.42. The zero-order valence-electron chi connectivity index (χ0n) is 15.0. The Balaban J connectivity index is 0.00000105. The molecule has 1 aliphatic carbocycles. The minimum Gasteiger partial charge on any atom is -0.331 e. The van der Waals surface area contributed by atoms with Gasteiger partial charge in [0.25, 0.3) is 5.91 Å². The molecule has 4 nitrogen and oxygen atoms in total. The summed E-state index contributed by atoms with van der Waals surface area (Å²) in [6.07, 6.45) is 5.62. The van der Waals surface area contributed by atoms with Crippen molar-refractivity contribution in [2.75, 3.05) is 13.1 Å². The summed E-state index contributed by atoms with van der Waals surface area (Å²) in [5.74, 6) is 0.682. The second-order valence-corrected chi connectivity index (χ2v) is 8.06. The Bertz CT molecular complexity index is 842. The molecule has 2 bridgehead atoms. The molecule has 3 aliphatic rings. The van der Waals surface area contributed by atoms with E-state index in [1.165, 1.54) is 12.8 Å². The van der Waals surface area contributed by atoms with Crippen LogP contribution in [0.5, 0.6) is 0 Å². The zero-order valence-corrected chi connectivity index (χ0v) is 17.4. The number of halogens is 3. The second-order valence-electron chi connectivity index (χ2n) is 7.62. The summed E-state index contributed by atoms with van der Waals surface area (Å²) >= 11 is 6.23. The van der Waals surface area contributed by atoms with Gasteiger partial charge in [0, 0.05) is 40.6 Å². The third kappa shape index (κ3) is 3.77. The molecule has 27 heavy (non-hydrogen) atoms. The van der Waals surface area contributed by atoms with Gasteiger partial charge in [0.05, 0.1) is 11.1 Å². The molecule has 1 saturated carbocycles. The Morgan fingerprint density at radius 2 is 1.85 bits per heavy atom. The van der Waals surface area contributed by atoms with Gasteiger partial charge in [-0.3, -0.25) is 9.78 Å². The van der Waals surface area contributed by atoms with Crippen molar-refractivity contribution >= 4 is 53.2 Å². The minimum atomic E-state index is 0. The minimum absolute atomic E-state index is 0. The molecule has 2 atom stereocenters. The zero-order chi connectivity index (χ0) is 17.0. The summed E-state index contributed by atoms with van der Waals surface area (Å²) in [6, 6.07) is 8.41. The highest BCUT2D eigenvalue weighted by atomic mass is 35.5. The van der Waals surface area contributed by atoms with Crippen LogP contribution >= 0.6 is 36.4 Å². The van der Waals surface area contributed by atoms with Gasteiger partial charge in [0.2, 0.25) is 0 Å². The van der Waals surface area contributed by atoms with Crippen LogP contribution in [0.1, 0.15) is 54.1 Å². The normalized spacial score (nSPS) is 24.1. The first kappa shape index (κ1) is 20.7. The van der Waals surface area contributed by atoms with E-state index < -0.39 is 0 Å². The van der Waals surface area contributed by atoms with Crippen LogP contribution < -0.4 is 5.32 Å². The topological polar surface area (TPSA) is 45.2 Å². The van der Waals surface area contributed by atoms with Crippen molar-refractivity contribution < 1.29 is 4.79 Å². The third-order valence-corrected chi connectivity index (χ3v) is 6.14. The molecule has 146 valence electrons. The van der Waals surface area contributed by atoms with E-state index in [9.17, 15) is 4.79 Å². The van der Waals surface area contributed by atoms with Crippen molar-refractivity contribution in [3.8, 4) is 0 Å². The molecule has 2 unspecified atom stereocenters. The Hall–Kier alpha value is -1.07. The van der Waals surface area contributed by atoms with Crippen LogP contribution in [0.2, 0.25) is 5.02 Å². The molecule has 1 amide bonds. The number of hydrogen-bond donors (Lipinski definition) is 1. The van der Waals surface area contributed by atoms with E-state index in [0.717, 1.165) is 54.5 Å². The first-order chi connectivity index (χ1) is 12.2. The van der Waals surface area contributed by atoms with Crippen LogP contribution in [0.4, 0.5) is 0 Å². The van der Waals surface area contributed by atoms with Crippen molar-refractivity contribution in [3.63, 3.8) is 0 Å². The maximum Gasteiger partial charge on any atom is 0.255 e. The number of carbonyl (C=O) groups excluding carboxylic acids is 1. The monoisotopic (exact) mass is 427 g/mol. The van der Waals surface area contributed by atoms with Gasteiger partial charge in [-0.05, 0) is 62.9 Å². The number of nitrogens with one attached hydrogen (secondary N) is 1. The van der Waals surface area contributed by atoms with Gasteiger partial charge in [0.1, 0.15) is 0 Å². The van der Waals surface area contributed by atoms with E-state index in [-0.39, 0.29) is 30.7 Å². The third-order valence-electron chi connectivity index (χ3n) is 5.91. The number of hydrogen-bond acceptors (Lipinski definition) is 3. The molecule has 1 aromatic heterocycles. The standard InChI is InChI=1S/C20H22ClN3O.2ClH/c21-13-3-6-18-16(9-13)17(10-19(23-18)12-1-2-12)20(25)24-14-4-5-15(24)11-22-8-7-14;;/h3,6,9-10,12,14-15,22H,1-2,4-5,7-8,11H2;2*1H. The van der Waals surface area contributed by atoms with Crippen molar-refractivity contribution in [2.45, 2.75) is 50.1 Å². The van der Waals surface area contributed by atoms with E-state index in [2.05, 4.69) is 10.2 Å². The van der Waals surface area contributed by atoms with Crippen molar-refractivity contribution in [3.05, 3.63) is 40.5 Å². The largest absolute Gasteiger partial charge is 0.331 e. The van der Waals surface area contributed by atoms with Crippen LogP contribution in [0.15, 0.2) is 24.3 Å². The average molecular weight is 429 g/mol. The van der Waals surface area contributed by atoms with Crippen LogP contribution in [0, 0.1) is 0 Å². The smallest absolute Gasteiger partial charge is 0.255 e. The number of aromatic nitrogens is 1. The molecule has 7 heteroatoms. The Morgan fingerprint density at radius 1 is 1.07 bits per heavy atom. The van der Waals surface area contributed by atoms with Crippen molar-refractivity contribution in [1.29, 1.82) is 0 Å². The van der Waals surface area contributed by atoms with E-state index in [1.807, 2.05) is 24.3 Å². The first-order valence-electron chi connectivity index (χ1n) is 9.34. The van der Waals surface area contributed by atoms with Crippen LogP contribution in [0.3, 0.4) is 0 Å². The number of fused-ring (bicyclic) bond motifs is 3. The second kappa shape index (κ2) is 8.12. The van der Waals surface area contributed by atoms with Gasteiger partial charge in [-0.1, -0.05) is 11.6 Å². The van der Waals surface area contributed by atoms with Gasteiger partial charge in [-0.15, -0.1) is 24.8 Å². The van der Waals surface area contributed by atoms with Crippen molar-refractivity contribution in [2.24, 2.45) is 0 Å². The molecule has 3 heterocycles. The number of carbonyl (C=O) groups is 1. The Kier molecular flexibility index (Phi) is 6.21. The molecular weight excluding hydrogens is 405 g/mol. The fourth-order valence-corrected chi connectivity index (χ4v) is 4.61. The number of amides is 1. The van der Waals surface area contributed by atoms with Crippen LogP contribution in [-0.2, 0) is 0 Å². The van der Waals surface area contributed by atoms with Gasteiger partial charge >= 0.3 is 0 Å². The van der Waals surface area contributed by atoms with E-state index in [1.54, 1.807) is 0 Å². The SMILES string of the molecule is Cl.Cl.O=C(c1cc(C2CC2)nc2ccc(Cl)cc12)N1C2CCNCC1CC2. The molecule has 0 spiro atoms. The van der Waals surface area contributed by atoms with Gasteiger partial charge < -0.3 is 10.2 Å². The summed E-state index contributed by atoms with van der Waals surface area (Å²) in [5.41, 5.74) is 2.74. The summed E-state index contributed by atoms with van der Waals surface area (Å²) in [5, 5.41) is 5.02. The highest BCUT2D eigenvalue weighted by Crippen LogP contribution is 2.41. The molecule has 1 aromatic carbocycles. The first-order valence-corrected chi connectivity index (χ1v) is 9.72. The fourth-order valence-electron chi connectivity index (χ4n) is 4.44. The molecule has 2 aliphatic heterocycles. The average Bonchev–Trinajstić information content (AvgIpc) is 3.38. The molecule has 2 saturated heterocycles. The summed E-state index contributed by atoms with van der Waals surface area (Å²) in [4.78, 5) is 20.5. The highest BCUT2D eigenvalue weighted by molar-refractivity contribution is 6.31. The Labute approximate surface area is 176 Å². The molecule has 1 N–H and O–H groups in total. The number of nitrogens with zero attached hydrogens (tertiary/aromatic N) is 2. The van der Waals surface area contributed by atoms with Gasteiger partial charge in [0.15, 0.2) is 0 Å². The predicted molar refractivity (Wildman–Crippen MR) is 114 cm³/mol. The van der Waals surface area contributed by atoms with Gasteiger partial charge in [-0.2, -0.15) is 0 Å². The fraction of sp³-hybridized carbons (Fsp3) is 0.500. The van der Waals surface area contributed by atoms with Crippen LogP contribution in [-0.4, -0.2) is 41.0 Å². The number of benzene rings is 1.